The molecule has 3 aromatic rings. The van der Waals surface area contributed by atoms with Gasteiger partial charge in [-0.05, 0) is 54.1 Å². The number of rotatable bonds is 7. The lowest BCUT2D eigenvalue weighted by molar-refractivity contribution is -0.119. The number of halogens is 2. The molecule has 0 fully saturated rings. The molecular weight excluding hydrogens is 490 g/mol. The number of hydrazone groups is 1. The Morgan fingerprint density at radius 1 is 1.03 bits per heavy atom. The first-order valence-corrected chi connectivity index (χ1v) is 11.4. The molecule has 0 unspecified atom stereocenters. The highest BCUT2D eigenvalue weighted by atomic mass is 79.9. The summed E-state index contributed by atoms with van der Waals surface area (Å²) < 4.78 is 28.2. The van der Waals surface area contributed by atoms with Crippen LogP contribution in [-0.4, -0.2) is 27.1 Å². The van der Waals surface area contributed by atoms with E-state index in [1.807, 2.05) is 0 Å². The monoisotopic (exact) mass is 505 g/mol. The zero-order valence-corrected chi connectivity index (χ0v) is 18.7. The number of anilines is 1. The molecule has 0 aromatic heterocycles. The maximum Gasteiger partial charge on any atom is 0.264 e. The van der Waals surface area contributed by atoms with Crippen molar-refractivity contribution in [2.75, 3.05) is 10.8 Å². The standard InChI is InChI=1S/C21H17BrClN3O3S/c22-17-9-11-19(12-10-17)26(30(28,29)20-7-2-1-3-8-20)15-21(27)25-24-14-16-5-4-6-18(23)13-16/h1-14H,15H2,(H,25,27). The minimum atomic E-state index is -3.96. The second kappa shape index (κ2) is 9.88. The average molecular weight is 507 g/mol. The van der Waals surface area contributed by atoms with Crippen LogP contribution in [0.25, 0.3) is 0 Å². The molecule has 3 rings (SSSR count). The summed E-state index contributed by atoms with van der Waals surface area (Å²) in [5, 5.41) is 4.43. The molecular formula is C21H17BrClN3O3S. The van der Waals surface area contributed by atoms with Crippen molar-refractivity contribution in [3.05, 3.63) is 93.9 Å². The zero-order valence-electron chi connectivity index (χ0n) is 15.6. The number of benzene rings is 3. The highest BCUT2D eigenvalue weighted by Gasteiger charge is 2.27. The summed E-state index contributed by atoms with van der Waals surface area (Å²) in [5.41, 5.74) is 3.41. The quantitative estimate of drug-likeness (QED) is 0.380. The number of nitrogens with zero attached hydrogens (tertiary/aromatic N) is 2. The van der Waals surface area contributed by atoms with Crippen molar-refractivity contribution in [2.45, 2.75) is 4.90 Å². The summed E-state index contributed by atoms with van der Waals surface area (Å²) in [6, 6.07) is 21.5. The van der Waals surface area contributed by atoms with Crippen molar-refractivity contribution < 1.29 is 13.2 Å². The van der Waals surface area contributed by atoms with Gasteiger partial charge in [-0.15, -0.1) is 0 Å². The van der Waals surface area contributed by atoms with Gasteiger partial charge in [-0.3, -0.25) is 9.10 Å². The summed E-state index contributed by atoms with van der Waals surface area (Å²) in [6.07, 6.45) is 1.43. The molecule has 9 heteroatoms. The third-order valence-corrected chi connectivity index (χ3v) is 6.54. The van der Waals surface area contributed by atoms with Crippen molar-refractivity contribution in [1.82, 2.24) is 5.43 Å². The van der Waals surface area contributed by atoms with Gasteiger partial charge in [0, 0.05) is 9.50 Å². The summed E-state index contributed by atoms with van der Waals surface area (Å²) >= 11 is 9.24. The molecule has 0 aliphatic heterocycles. The molecule has 0 saturated carbocycles. The van der Waals surface area contributed by atoms with Crippen LogP contribution in [0, 0.1) is 0 Å². The van der Waals surface area contributed by atoms with E-state index in [-0.39, 0.29) is 4.90 Å². The van der Waals surface area contributed by atoms with E-state index in [2.05, 4.69) is 26.5 Å². The summed E-state index contributed by atoms with van der Waals surface area (Å²) in [4.78, 5) is 12.5. The van der Waals surface area contributed by atoms with E-state index in [1.165, 1.54) is 18.3 Å². The lowest BCUT2D eigenvalue weighted by Gasteiger charge is -2.23. The van der Waals surface area contributed by atoms with Crippen LogP contribution in [0.2, 0.25) is 5.02 Å². The van der Waals surface area contributed by atoms with Crippen LogP contribution >= 0.6 is 27.5 Å². The Balaban J connectivity index is 1.82. The van der Waals surface area contributed by atoms with E-state index in [1.54, 1.807) is 66.7 Å². The van der Waals surface area contributed by atoms with Crippen LogP contribution in [0.1, 0.15) is 5.56 Å². The molecule has 0 radical (unpaired) electrons. The van der Waals surface area contributed by atoms with Crippen molar-refractivity contribution >= 4 is 55.4 Å². The van der Waals surface area contributed by atoms with Crippen LogP contribution in [0.15, 0.2) is 93.3 Å². The third-order valence-electron chi connectivity index (χ3n) is 3.98. The first kappa shape index (κ1) is 22.0. The Morgan fingerprint density at radius 3 is 2.40 bits per heavy atom. The van der Waals surface area contributed by atoms with Gasteiger partial charge in [0.25, 0.3) is 15.9 Å². The van der Waals surface area contributed by atoms with Gasteiger partial charge in [-0.2, -0.15) is 5.10 Å². The molecule has 0 bridgehead atoms. The lowest BCUT2D eigenvalue weighted by Crippen LogP contribution is -2.39. The van der Waals surface area contributed by atoms with Crippen molar-refractivity contribution in [2.24, 2.45) is 5.10 Å². The number of carbonyl (C=O) groups excluding carboxylic acids is 1. The fraction of sp³-hybridized carbons (Fsp3) is 0.0476. The van der Waals surface area contributed by atoms with Crippen molar-refractivity contribution in [3.8, 4) is 0 Å². The minimum Gasteiger partial charge on any atom is -0.271 e. The summed E-state index contributed by atoms with van der Waals surface area (Å²) in [7, 11) is -3.96. The van der Waals surface area contributed by atoms with Gasteiger partial charge in [-0.1, -0.05) is 57.9 Å². The maximum absolute atomic E-state index is 13.2. The first-order valence-electron chi connectivity index (χ1n) is 8.77. The molecule has 1 amide bonds. The smallest absolute Gasteiger partial charge is 0.264 e. The first-order chi connectivity index (χ1) is 14.4. The second-order valence-electron chi connectivity index (χ2n) is 6.15. The van der Waals surface area contributed by atoms with Gasteiger partial charge in [0.1, 0.15) is 6.54 Å². The maximum atomic E-state index is 13.2. The van der Waals surface area contributed by atoms with E-state index < -0.39 is 22.5 Å². The van der Waals surface area contributed by atoms with Gasteiger partial charge in [0.2, 0.25) is 0 Å². The Labute approximate surface area is 188 Å². The zero-order chi connectivity index (χ0) is 21.6. The number of hydrogen-bond donors (Lipinski definition) is 1. The van der Waals surface area contributed by atoms with E-state index in [0.717, 1.165) is 8.78 Å². The van der Waals surface area contributed by atoms with E-state index in [0.29, 0.717) is 16.3 Å². The number of carbonyl (C=O) groups is 1. The molecule has 0 atom stereocenters. The second-order valence-corrected chi connectivity index (χ2v) is 9.36. The molecule has 30 heavy (non-hydrogen) atoms. The number of amides is 1. The molecule has 3 aromatic carbocycles. The molecule has 1 N–H and O–H groups in total. The average Bonchev–Trinajstić information content (AvgIpc) is 2.73. The molecule has 0 aliphatic rings. The van der Waals surface area contributed by atoms with Crippen LogP contribution < -0.4 is 9.73 Å². The molecule has 154 valence electrons. The Kier molecular flexibility index (Phi) is 7.25. The van der Waals surface area contributed by atoms with E-state index in [4.69, 9.17) is 11.6 Å². The SMILES string of the molecule is O=C(CN(c1ccc(Br)cc1)S(=O)(=O)c1ccccc1)NN=Cc1cccc(Cl)c1. The largest absolute Gasteiger partial charge is 0.271 e. The molecule has 0 heterocycles. The molecule has 0 spiro atoms. The Morgan fingerprint density at radius 2 is 1.73 bits per heavy atom. The van der Waals surface area contributed by atoms with Crippen LogP contribution in [0.3, 0.4) is 0 Å². The summed E-state index contributed by atoms with van der Waals surface area (Å²) in [5.74, 6) is -0.587. The molecule has 0 saturated heterocycles. The lowest BCUT2D eigenvalue weighted by atomic mass is 10.2. The van der Waals surface area contributed by atoms with E-state index in [9.17, 15) is 13.2 Å². The Bertz CT molecular complexity index is 1150. The number of hydrogen-bond acceptors (Lipinski definition) is 4. The fourth-order valence-electron chi connectivity index (χ4n) is 2.57. The van der Waals surface area contributed by atoms with Gasteiger partial charge in [0.15, 0.2) is 0 Å². The van der Waals surface area contributed by atoms with Crippen molar-refractivity contribution in [3.63, 3.8) is 0 Å². The summed E-state index contributed by atoms with van der Waals surface area (Å²) in [6.45, 7) is -0.439. The van der Waals surface area contributed by atoms with Gasteiger partial charge < -0.3 is 0 Å². The van der Waals surface area contributed by atoms with Gasteiger partial charge >= 0.3 is 0 Å². The topological polar surface area (TPSA) is 78.8 Å². The number of sulfonamides is 1. The molecule has 6 nitrogen and oxygen atoms in total. The van der Waals surface area contributed by atoms with Gasteiger partial charge in [-0.25, -0.2) is 13.8 Å². The van der Waals surface area contributed by atoms with Crippen LogP contribution in [0.4, 0.5) is 5.69 Å². The van der Waals surface area contributed by atoms with Crippen LogP contribution in [0.5, 0.6) is 0 Å². The highest BCUT2D eigenvalue weighted by molar-refractivity contribution is 9.10. The Hall–Kier alpha value is -2.68. The van der Waals surface area contributed by atoms with Crippen molar-refractivity contribution in [1.29, 1.82) is 0 Å². The normalized spacial score (nSPS) is 11.4. The third kappa shape index (κ3) is 5.69. The fourth-order valence-corrected chi connectivity index (χ4v) is 4.48. The van der Waals surface area contributed by atoms with Gasteiger partial charge in [0.05, 0.1) is 16.8 Å². The van der Waals surface area contributed by atoms with E-state index >= 15 is 0 Å². The number of nitrogens with one attached hydrogen (secondary N) is 1. The molecule has 0 aliphatic carbocycles. The predicted molar refractivity (Wildman–Crippen MR) is 122 cm³/mol. The highest BCUT2D eigenvalue weighted by Crippen LogP contribution is 2.25. The van der Waals surface area contributed by atoms with Crippen LogP contribution in [-0.2, 0) is 14.8 Å². The predicted octanol–water partition coefficient (Wildman–Crippen LogP) is 4.45. The minimum absolute atomic E-state index is 0.0862.